The minimum Gasteiger partial charge on any atom is -0.458 e. The average Bonchev–Trinajstić information content (AvgIpc) is 2.55. The number of rotatable bonds is 3. The minimum atomic E-state index is -0.466. The van der Waals surface area contributed by atoms with E-state index in [1.807, 2.05) is 0 Å². The van der Waals surface area contributed by atoms with Crippen LogP contribution in [0.15, 0.2) is 24.3 Å². The maximum Gasteiger partial charge on any atom is 0.338 e. The van der Waals surface area contributed by atoms with Crippen LogP contribution < -0.4 is 0 Å². The molecule has 0 N–H and O–H groups in total. The van der Waals surface area contributed by atoms with Gasteiger partial charge in [0.1, 0.15) is 6.10 Å². The van der Waals surface area contributed by atoms with Gasteiger partial charge in [0, 0.05) is 17.5 Å². The topological polar surface area (TPSA) is 69.4 Å². The van der Waals surface area contributed by atoms with Crippen LogP contribution in [0.5, 0.6) is 0 Å². The molecule has 5 heteroatoms. The number of fused-ring (bicyclic) bond motifs is 1. The van der Waals surface area contributed by atoms with Crippen molar-refractivity contribution in [2.45, 2.75) is 65.4 Å². The lowest BCUT2D eigenvalue weighted by atomic mass is 9.51. The van der Waals surface area contributed by atoms with Crippen LogP contribution in [0.1, 0.15) is 69.7 Å². The fourth-order valence-electron chi connectivity index (χ4n) is 5.22. The Morgan fingerprint density at radius 3 is 2.44 bits per heavy atom. The summed E-state index contributed by atoms with van der Waals surface area (Å²) in [6.07, 6.45) is 6.62. The number of carbonyl (C=O) groups is 1. The van der Waals surface area contributed by atoms with E-state index < -0.39 is 4.92 Å². The molecule has 3 atom stereocenters. The van der Waals surface area contributed by atoms with Crippen LogP contribution in [0.4, 0.5) is 5.69 Å². The van der Waals surface area contributed by atoms with E-state index in [9.17, 15) is 14.9 Å². The second kappa shape index (κ2) is 6.43. The highest BCUT2D eigenvalue weighted by Gasteiger charge is 2.53. The van der Waals surface area contributed by atoms with Crippen molar-refractivity contribution in [1.82, 2.24) is 0 Å². The summed E-state index contributed by atoms with van der Waals surface area (Å²) in [6, 6.07) is 5.67. The molecule has 136 valence electrons. The van der Waals surface area contributed by atoms with Gasteiger partial charge in [0.2, 0.25) is 0 Å². The molecule has 0 radical (unpaired) electrons. The molecule has 0 aliphatic heterocycles. The first kappa shape index (κ1) is 17.9. The van der Waals surface area contributed by atoms with Crippen molar-refractivity contribution in [3.8, 4) is 0 Å². The lowest BCUT2D eigenvalue weighted by molar-refractivity contribution is -0.384. The summed E-state index contributed by atoms with van der Waals surface area (Å²) in [6.45, 7) is 6.97. The molecule has 0 bridgehead atoms. The van der Waals surface area contributed by atoms with Crippen LogP contribution in [0.25, 0.3) is 0 Å². The predicted octanol–water partition coefficient (Wildman–Crippen LogP) is 5.14. The number of benzene rings is 1. The van der Waals surface area contributed by atoms with Crippen LogP contribution in [0, 0.1) is 26.9 Å². The van der Waals surface area contributed by atoms with Crippen molar-refractivity contribution < 1.29 is 14.5 Å². The van der Waals surface area contributed by atoms with Gasteiger partial charge in [-0.15, -0.1) is 0 Å². The molecule has 2 aliphatic rings. The van der Waals surface area contributed by atoms with Crippen molar-refractivity contribution in [3.05, 3.63) is 39.9 Å². The van der Waals surface area contributed by atoms with Gasteiger partial charge in [-0.05, 0) is 55.6 Å². The molecule has 3 unspecified atom stereocenters. The zero-order valence-electron chi connectivity index (χ0n) is 15.3. The molecule has 1 aromatic carbocycles. The lowest BCUT2D eigenvalue weighted by Crippen LogP contribution is -2.52. The SMILES string of the molecule is CC1(C)CCCC2(C)C(OC(=O)c3ccc([N+](=O)[O-])cc3)CCCC12. The Morgan fingerprint density at radius 1 is 1.12 bits per heavy atom. The van der Waals surface area contributed by atoms with Gasteiger partial charge in [0.25, 0.3) is 5.69 Å². The molecule has 0 amide bonds. The molecule has 25 heavy (non-hydrogen) atoms. The smallest absolute Gasteiger partial charge is 0.338 e. The Morgan fingerprint density at radius 2 is 1.80 bits per heavy atom. The maximum absolute atomic E-state index is 12.6. The third-order valence-corrected chi connectivity index (χ3v) is 6.53. The van der Waals surface area contributed by atoms with E-state index in [-0.39, 0.29) is 28.6 Å². The molecule has 3 rings (SSSR count). The molecule has 0 spiro atoms. The van der Waals surface area contributed by atoms with E-state index in [1.54, 1.807) is 0 Å². The largest absolute Gasteiger partial charge is 0.458 e. The van der Waals surface area contributed by atoms with Gasteiger partial charge < -0.3 is 4.74 Å². The molecule has 1 aromatic rings. The van der Waals surface area contributed by atoms with Crippen molar-refractivity contribution in [2.75, 3.05) is 0 Å². The van der Waals surface area contributed by atoms with E-state index in [1.165, 1.54) is 43.5 Å². The van der Waals surface area contributed by atoms with E-state index in [0.29, 0.717) is 11.5 Å². The summed E-state index contributed by atoms with van der Waals surface area (Å²) in [5.74, 6) is 0.197. The van der Waals surface area contributed by atoms with Gasteiger partial charge in [-0.25, -0.2) is 4.79 Å². The number of non-ortho nitro benzene ring substituents is 1. The second-order valence-corrected chi connectivity index (χ2v) is 8.53. The first-order chi connectivity index (χ1) is 11.7. The molecule has 5 nitrogen and oxygen atoms in total. The highest BCUT2D eigenvalue weighted by Crippen LogP contribution is 2.58. The van der Waals surface area contributed by atoms with Crippen LogP contribution in [-0.2, 0) is 4.74 Å². The molecule has 0 aromatic heterocycles. The van der Waals surface area contributed by atoms with Crippen LogP contribution in [0.2, 0.25) is 0 Å². The third kappa shape index (κ3) is 3.29. The number of nitro benzene ring substituents is 1. The molecular formula is C20H27NO4. The standard InChI is InChI=1S/C20H27NO4/c1-19(2)12-5-13-20(3)16(19)6-4-7-17(20)25-18(22)14-8-10-15(11-9-14)21(23)24/h8-11,16-17H,4-7,12-13H2,1-3H3. The first-order valence-corrected chi connectivity index (χ1v) is 9.19. The van der Waals surface area contributed by atoms with Crippen LogP contribution in [-0.4, -0.2) is 17.0 Å². The molecule has 0 saturated heterocycles. The van der Waals surface area contributed by atoms with Gasteiger partial charge >= 0.3 is 5.97 Å². The summed E-state index contributed by atoms with van der Waals surface area (Å²) in [5, 5.41) is 10.7. The Labute approximate surface area is 148 Å². The van der Waals surface area contributed by atoms with Crippen molar-refractivity contribution >= 4 is 11.7 Å². The third-order valence-electron chi connectivity index (χ3n) is 6.53. The number of nitro groups is 1. The summed E-state index contributed by atoms with van der Waals surface area (Å²) < 4.78 is 5.93. The number of nitrogens with zero attached hydrogens (tertiary/aromatic N) is 1. The Bertz CT molecular complexity index is 667. The van der Waals surface area contributed by atoms with E-state index >= 15 is 0 Å². The number of esters is 1. The predicted molar refractivity (Wildman–Crippen MR) is 95.4 cm³/mol. The fourth-order valence-corrected chi connectivity index (χ4v) is 5.22. The average molecular weight is 345 g/mol. The van der Waals surface area contributed by atoms with Gasteiger partial charge in [-0.3, -0.25) is 10.1 Å². The second-order valence-electron chi connectivity index (χ2n) is 8.53. The number of hydrogen-bond acceptors (Lipinski definition) is 4. The molecule has 2 saturated carbocycles. The number of ether oxygens (including phenoxy) is 1. The quantitative estimate of drug-likeness (QED) is 0.432. The molecule has 2 fully saturated rings. The van der Waals surface area contributed by atoms with Gasteiger partial charge in [-0.2, -0.15) is 0 Å². The normalized spacial score (nSPS) is 31.0. The van der Waals surface area contributed by atoms with Crippen LogP contribution in [0.3, 0.4) is 0 Å². The number of carbonyl (C=O) groups excluding carboxylic acids is 1. The zero-order valence-corrected chi connectivity index (χ0v) is 15.3. The zero-order chi connectivity index (χ0) is 18.2. The van der Waals surface area contributed by atoms with Crippen molar-refractivity contribution in [2.24, 2.45) is 16.7 Å². The monoisotopic (exact) mass is 345 g/mol. The lowest BCUT2D eigenvalue weighted by Gasteiger charge is -2.56. The molecule has 0 heterocycles. The summed E-state index contributed by atoms with van der Waals surface area (Å²) in [5.41, 5.74) is 0.670. The van der Waals surface area contributed by atoms with E-state index in [0.717, 1.165) is 19.3 Å². The highest BCUT2D eigenvalue weighted by molar-refractivity contribution is 5.89. The van der Waals surface area contributed by atoms with Crippen molar-refractivity contribution in [3.63, 3.8) is 0 Å². The summed E-state index contributed by atoms with van der Waals surface area (Å²) in [4.78, 5) is 22.9. The number of hydrogen-bond donors (Lipinski definition) is 0. The van der Waals surface area contributed by atoms with Crippen molar-refractivity contribution in [1.29, 1.82) is 0 Å². The van der Waals surface area contributed by atoms with E-state index in [2.05, 4.69) is 20.8 Å². The van der Waals surface area contributed by atoms with Gasteiger partial charge in [0.05, 0.1) is 10.5 Å². The highest BCUT2D eigenvalue weighted by atomic mass is 16.6. The Kier molecular flexibility index (Phi) is 4.60. The van der Waals surface area contributed by atoms with Gasteiger partial charge in [-0.1, -0.05) is 27.2 Å². The van der Waals surface area contributed by atoms with E-state index in [4.69, 9.17) is 4.74 Å². The Balaban J connectivity index is 1.77. The first-order valence-electron chi connectivity index (χ1n) is 9.19. The summed E-state index contributed by atoms with van der Waals surface area (Å²) >= 11 is 0. The summed E-state index contributed by atoms with van der Waals surface area (Å²) in [7, 11) is 0. The van der Waals surface area contributed by atoms with Crippen LogP contribution >= 0.6 is 0 Å². The van der Waals surface area contributed by atoms with Gasteiger partial charge in [0.15, 0.2) is 0 Å². The molecule has 2 aliphatic carbocycles. The minimum absolute atomic E-state index is 0.0183. The molecular weight excluding hydrogens is 318 g/mol. The fraction of sp³-hybridized carbons (Fsp3) is 0.650. The maximum atomic E-state index is 12.6. The Hall–Kier alpha value is -1.91.